The zero-order valence-corrected chi connectivity index (χ0v) is 10.7. The van der Waals surface area contributed by atoms with E-state index in [4.69, 9.17) is 5.11 Å². The Morgan fingerprint density at radius 1 is 1.37 bits per heavy atom. The summed E-state index contributed by atoms with van der Waals surface area (Å²) in [4.78, 5) is 10.7. The number of carboxylic acid groups (broad SMARTS) is 1. The molecule has 0 radical (unpaired) electrons. The number of rotatable bonds is 4. The quantitative estimate of drug-likeness (QED) is 0.866. The highest BCUT2D eigenvalue weighted by Gasteiger charge is 2.13. The highest BCUT2D eigenvalue weighted by Crippen LogP contribution is 2.18. The van der Waals surface area contributed by atoms with Crippen LogP contribution in [0.4, 0.5) is 0 Å². The van der Waals surface area contributed by atoms with Crippen LogP contribution in [0.2, 0.25) is 0 Å². The summed E-state index contributed by atoms with van der Waals surface area (Å²) in [6.45, 7) is 4.15. The van der Waals surface area contributed by atoms with Gasteiger partial charge >= 0.3 is 5.97 Å². The molecule has 1 unspecified atom stereocenters. The van der Waals surface area contributed by atoms with Crippen LogP contribution in [-0.2, 0) is 6.54 Å². The molecule has 0 amide bonds. The Labute approximate surface area is 110 Å². The third kappa shape index (κ3) is 2.97. The van der Waals surface area contributed by atoms with E-state index < -0.39 is 12.1 Å². The minimum Gasteiger partial charge on any atom is -0.476 e. The summed E-state index contributed by atoms with van der Waals surface area (Å²) in [6, 6.07) is 5.70. The second-order valence-electron chi connectivity index (χ2n) is 4.49. The standard InChI is InChI=1S/C13H15N3O3/c1-8-3-4-10(5-9(8)2)12(17)7-16-6-11(13(18)19)14-15-16/h3-6,12,17H,7H2,1-2H3,(H,18,19). The zero-order chi connectivity index (χ0) is 14.0. The Bertz CT molecular complexity index is 607. The van der Waals surface area contributed by atoms with Crippen LogP contribution in [-0.4, -0.2) is 31.2 Å². The number of nitrogens with zero attached hydrogens (tertiary/aromatic N) is 3. The fraction of sp³-hybridized carbons (Fsp3) is 0.308. The summed E-state index contributed by atoms with van der Waals surface area (Å²) in [5.74, 6) is -1.13. The zero-order valence-electron chi connectivity index (χ0n) is 10.7. The van der Waals surface area contributed by atoms with Crippen molar-refractivity contribution in [1.82, 2.24) is 15.0 Å². The van der Waals surface area contributed by atoms with Crippen molar-refractivity contribution in [1.29, 1.82) is 0 Å². The average molecular weight is 261 g/mol. The van der Waals surface area contributed by atoms with Crippen molar-refractivity contribution >= 4 is 5.97 Å². The van der Waals surface area contributed by atoms with Gasteiger partial charge in [-0.05, 0) is 30.5 Å². The van der Waals surface area contributed by atoms with Crippen LogP contribution < -0.4 is 0 Å². The molecule has 1 aromatic heterocycles. The predicted molar refractivity (Wildman–Crippen MR) is 67.9 cm³/mol. The minimum absolute atomic E-state index is 0.132. The number of aryl methyl sites for hydroxylation is 2. The van der Waals surface area contributed by atoms with Crippen LogP contribution in [0.25, 0.3) is 0 Å². The summed E-state index contributed by atoms with van der Waals surface area (Å²) < 4.78 is 1.32. The van der Waals surface area contributed by atoms with Gasteiger partial charge in [-0.2, -0.15) is 0 Å². The molecule has 6 nitrogen and oxygen atoms in total. The number of carbonyl (C=O) groups is 1. The third-order valence-corrected chi connectivity index (χ3v) is 3.03. The molecule has 1 heterocycles. The van der Waals surface area contributed by atoms with E-state index in [2.05, 4.69) is 10.3 Å². The van der Waals surface area contributed by atoms with E-state index in [1.165, 1.54) is 10.9 Å². The number of hydrogen-bond donors (Lipinski definition) is 2. The number of aliphatic hydroxyl groups is 1. The smallest absolute Gasteiger partial charge is 0.358 e. The molecule has 0 aliphatic heterocycles. The number of aliphatic hydroxyl groups excluding tert-OH is 1. The lowest BCUT2D eigenvalue weighted by atomic mass is 10.0. The molecule has 0 bridgehead atoms. The molecular weight excluding hydrogens is 246 g/mol. The van der Waals surface area contributed by atoms with E-state index in [9.17, 15) is 9.90 Å². The predicted octanol–water partition coefficient (Wildman–Crippen LogP) is 1.33. The van der Waals surface area contributed by atoms with Crippen LogP contribution in [0.5, 0.6) is 0 Å². The Morgan fingerprint density at radius 3 is 2.68 bits per heavy atom. The molecule has 2 rings (SSSR count). The van der Waals surface area contributed by atoms with Crippen LogP contribution in [0, 0.1) is 13.8 Å². The van der Waals surface area contributed by atoms with Crippen molar-refractivity contribution in [2.24, 2.45) is 0 Å². The first-order chi connectivity index (χ1) is 8.97. The van der Waals surface area contributed by atoms with Crippen molar-refractivity contribution in [3.63, 3.8) is 0 Å². The topological polar surface area (TPSA) is 88.2 Å². The second-order valence-corrected chi connectivity index (χ2v) is 4.49. The lowest BCUT2D eigenvalue weighted by Gasteiger charge is -2.12. The van der Waals surface area contributed by atoms with E-state index >= 15 is 0 Å². The monoisotopic (exact) mass is 261 g/mol. The minimum atomic E-state index is -1.13. The maximum atomic E-state index is 10.7. The summed E-state index contributed by atoms with van der Waals surface area (Å²) in [5.41, 5.74) is 2.90. The van der Waals surface area contributed by atoms with Gasteiger partial charge in [0, 0.05) is 0 Å². The molecule has 1 atom stereocenters. The van der Waals surface area contributed by atoms with E-state index in [1.807, 2.05) is 32.0 Å². The number of benzene rings is 1. The average Bonchev–Trinajstić information content (AvgIpc) is 2.81. The first kappa shape index (κ1) is 13.2. The lowest BCUT2D eigenvalue weighted by molar-refractivity contribution is 0.0690. The van der Waals surface area contributed by atoms with Crippen LogP contribution in [0.15, 0.2) is 24.4 Å². The van der Waals surface area contributed by atoms with E-state index in [1.54, 1.807) is 0 Å². The van der Waals surface area contributed by atoms with Gasteiger partial charge in [0.1, 0.15) is 0 Å². The van der Waals surface area contributed by atoms with Crippen LogP contribution >= 0.6 is 0 Å². The normalized spacial score (nSPS) is 12.4. The summed E-state index contributed by atoms with van der Waals surface area (Å²) in [6.07, 6.45) is 0.551. The van der Waals surface area contributed by atoms with Gasteiger partial charge in [0.2, 0.25) is 0 Å². The van der Waals surface area contributed by atoms with Crippen molar-refractivity contribution in [3.05, 3.63) is 46.8 Å². The molecule has 6 heteroatoms. The van der Waals surface area contributed by atoms with Crippen LogP contribution in [0.1, 0.15) is 33.3 Å². The van der Waals surface area contributed by atoms with Gasteiger partial charge < -0.3 is 10.2 Å². The number of carboxylic acids is 1. The highest BCUT2D eigenvalue weighted by molar-refractivity contribution is 5.84. The van der Waals surface area contributed by atoms with Gasteiger partial charge in [-0.3, -0.25) is 0 Å². The second kappa shape index (κ2) is 5.19. The molecular formula is C13H15N3O3. The molecule has 2 aromatic rings. The van der Waals surface area contributed by atoms with Gasteiger partial charge in [0.25, 0.3) is 0 Å². The Morgan fingerprint density at radius 2 is 2.11 bits per heavy atom. The molecule has 0 fully saturated rings. The fourth-order valence-electron chi connectivity index (χ4n) is 1.74. The van der Waals surface area contributed by atoms with E-state index in [0.717, 1.165) is 16.7 Å². The molecule has 2 N–H and O–H groups in total. The largest absolute Gasteiger partial charge is 0.476 e. The molecule has 1 aromatic carbocycles. The molecule has 0 saturated heterocycles. The Balaban J connectivity index is 2.13. The van der Waals surface area contributed by atoms with E-state index in [0.29, 0.717) is 0 Å². The van der Waals surface area contributed by atoms with Crippen molar-refractivity contribution in [2.45, 2.75) is 26.5 Å². The molecule has 100 valence electrons. The van der Waals surface area contributed by atoms with Gasteiger partial charge in [0.15, 0.2) is 5.69 Å². The molecule has 0 saturated carbocycles. The van der Waals surface area contributed by atoms with Crippen molar-refractivity contribution < 1.29 is 15.0 Å². The summed E-state index contributed by atoms with van der Waals surface area (Å²) in [5, 5.41) is 26.0. The summed E-state index contributed by atoms with van der Waals surface area (Å²) >= 11 is 0. The number of aromatic nitrogens is 3. The fourth-order valence-corrected chi connectivity index (χ4v) is 1.74. The van der Waals surface area contributed by atoms with Gasteiger partial charge in [-0.1, -0.05) is 23.4 Å². The summed E-state index contributed by atoms with van der Waals surface area (Å²) in [7, 11) is 0. The maximum Gasteiger partial charge on any atom is 0.358 e. The molecule has 0 aliphatic carbocycles. The Hall–Kier alpha value is -2.21. The SMILES string of the molecule is Cc1ccc(C(O)Cn2cc(C(=O)O)nn2)cc1C. The molecule has 0 aliphatic rings. The maximum absolute atomic E-state index is 10.7. The molecule has 0 spiro atoms. The number of aromatic carboxylic acids is 1. The van der Waals surface area contributed by atoms with Crippen molar-refractivity contribution in [2.75, 3.05) is 0 Å². The molecule has 19 heavy (non-hydrogen) atoms. The van der Waals surface area contributed by atoms with Gasteiger partial charge in [-0.25, -0.2) is 9.48 Å². The third-order valence-electron chi connectivity index (χ3n) is 3.03. The lowest BCUT2D eigenvalue weighted by Crippen LogP contribution is -2.09. The van der Waals surface area contributed by atoms with Gasteiger partial charge in [0.05, 0.1) is 18.8 Å². The highest BCUT2D eigenvalue weighted by atomic mass is 16.4. The van der Waals surface area contributed by atoms with Crippen molar-refractivity contribution in [3.8, 4) is 0 Å². The Kier molecular flexibility index (Phi) is 3.62. The van der Waals surface area contributed by atoms with E-state index in [-0.39, 0.29) is 12.2 Å². The number of hydrogen-bond acceptors (Lipinski definition) is 4. The first-order valence-corrected chi connectivity index (χ1v) is 5.86. The first-order valence-electron chi connectivity index (χ1n) is 5.86. The van der Waals surface area contributed by atoms with Crippen LogP contribution in [0.3, 0.4) is 0 Å². The van der Waals surface area contributed by atoms with Gasteiger partial charge in [-0.15, -0.1) is 5.10 Å².